The van der Waals surface area contributed by atoms with Crippen LogP contribution in [0, 0.1) is 10.1 Å². The zero-order valence-electron chi connectivity index (χ0n) is 18.0. The van der Waals surface area contributed by atoms with Gasteiger partial charge in [0, 0.05) is 22.7 Å². The van der Waals surface area contributed by atoms with E-state index in [1.807, 2.05) is 60.7 Å². The molecule has 1 amide bonds. The van der Waals surface area contributed by atoms with Gasteiger partial charge in [-0.3, -0.25) is 14.9 Å². The third-order valence-corrected chi connectivity index (χ3v) is 5.38. The largest absolute Gasteiger partial charge is 0.488 e. The molecule has 0 saturated carbocycles. The van der Waals surface area contributed by atoms with Crippen LogP contribution in [0.15, 0.2) is 90.0 Å². The highest BCUT2D eigenvalue weighted by molar-refractivity contribution is 6.30. The number of hydrazone groups is 1. The molecule has 8 heteroatoms. The van der Waals surface area contributed by atoms with E-state index in [9.17, 15) is 14.9 Å². The van der Waals surface area contributed by atoms with Crippen LogP contribution in [0.4, 0.5) is 5.69 Å². The fourth-order valence-electron chi connectivity index (χ4n) is 3.41. The summed E-state index contributed by atoms with van der Waals surface area (Å²) in [6.45, 7) is 0.350. The van der Waals surface area contributed by atoms with Crippen molar-refractivity contribution >= 4 is 40.2 Å². The summed E-state index contributed by atoms with van der Waals surface area (Å²) in [5, 5.41) is 17.5. The van der Waals surface area contributed by atoms with E-state index in [-0.39, 0.29) is 18.0 Å². The summed E-state index contributed by atoms with van der Waals surface area (Å²) < 4.78 is 6.05. The number of nitro benzene ring substituents is 1. The van der Waals surface area contributed by atoms with Crippen molar-refractivity contribution in [3.05, 3.63) is 117 Å². The predicted molar refractivity (Wildman–Crippen MR) is 132 cm³/mol. The van der Waals surface area contributed by atoms with Crippen LogP contribution in [0.1, 0.15) is 16.7 Å². The lowest BCUT2D eigenvalue weighted by Gasteiger charge is -2.12. The maximum atomic E-state index is 12.3. The van der Waals surface area contributed by atoms with Crippen molar-refractivity contribution in [3.8, 4) is 5.75 Å². The van der Waals surface area contributed by atoms with Gasteiger partial charge in [-0.15, -0.1) is 0 Å². The first-order valence-electron chi connectivity index (χ1n) is 10.4. The van der Waals surface area contributed by atoms with E-state index in [2.05, 4.69) is 10.5 Å². The van der Waals surface area contributed by atoms with Gasteiger partial charge in [0.05, 0.1) is 17.6 Å². The third-order valence-electron chi connectivity index (χ3n) is 5.13. The smallest absolute Gasteiger partial charge is 0.269 e. The Morgan fingerprint density at radius 1 is 0.971 bits per heavy atom. The summed E-state index contributed by atoms with van der Waals surface area (Å²) in [5.41, 5.74) is 4.85. The SMILES string of the molecule is O=C(Cc1ccc([N+](=O)[O-])cc1)N/N=C/c1c(OCc2ccc(Cl)cc2)ccc2ccccc12. The number of nitro groups is 1. The van der Waals surface area contributed by atoms with Crippen LogP contribution in [-0.2, 0) is 17.8 Å². The number of halogens is 1. The Bertz CT molecular complexity index is 1350. The van der Waals surface area contributed by atoms with E-state index in [0.717, 1.165) is 21.9 Å². The van der Waals surface area contributed by atoms with Crippen molar-refractivity contribution in [1.82, 2.24) is 5.43 Å². The van der Waals surface area contributed by atoms with Crippen molar-refractivity contribution in [3.63, 3.8) is 0 Å². The zero-order valence-corrected chi connectivity index (χ0v) is 18.7. The van der Waals surface area contributed by atoms with Crippen molar-refractivity contribution in [1.29, 1.82) is 0 Å². The van der Waals surface area contributed by atoms with Gasteiger partial charge in [0.15, 0.2) is 0 Å². The van der Waals surface area contributed by atoms with Crippen LogP contribution >= 0.6 is 11.6 Å². The van der Waals surface area contributed by atoms with Crippen molar-refractivity contribution < 1.29 is 14.5 Å². The number of nitrogens with zero attached hydrogens (tertiary/aromatic N) is 2. The second kappa shape index (κ2) is 10.6. The predicted octanol–water partition coefficient (Wildman–Crippen LogP) is 5.67. The molecule has 0 aliphatic carbocycles. The van der Waals surface area contributed by atoms with Crippen LogP contribution in [0.2, 0.25) is 5.02 Å². The lowest BCUT2D eigenvalue weighted by atomic mass is 10.0. The van der Waals surface area contributed by atoms with Crippen molar-refractivity contribution in [2.45, 2.75) is 13.0 Å². The van der Waals surface area contributed by atoms with Crippen LogP contribution in [0.25, 0.3) is 10.8 Å². The molecule has 0 aliphatic rings. The standard InChI is InChI=1S/C26H20ClN3O4/c27-21-10-5-19(6-11-21)17-34-25-14-9-20-3-1-2-4-23(20)24(25)16-28-29-26(31)15-18-7-12-22(13-8-18)30(32)33/h1-14,16H,15,17H2,(H,29,31)/b28-16+. The average molecular weight is 474 g/mol. The van der Waals surface area contributed by atoms with E-state index in [1.54, 1.807) is 18.3 Å². The minimum Gasteiger partial charge on any atom is -0.488 e. The van der Waals surface area contributed by atoms with E-state index >= 15 is 0 Å². The van der Waals surface area contributed by atoms with Crippen LogP contribution in [0.5, 0.6) is 5.75 Å². The van der Waals surface area contributed by atoms with Gasteiger partial charge in [0.2, 0.25) is 5.91 Å². The quantitative estimate of drug-likeness (QED) is 0.202. The molecule has 0 aliphatic heterocycles. The lowest BCUT2D eigenvalue weighted by Crippen LogP contribution is -2.19. The fourth-order valence-corrected chi connectivity index (χ4v) is 3.53. The van der Waals surface area contributed by atoms with E-state index in [1.165, 1.54) is 12.1 Å². The first-order chi connectivity index (χ1) is 16.5. The molecule has 0 fully saturated rings. The summed E-state index contributed by atoms with van der Waals surface area (Å²) in [6.07, 6.45) is 1.61. The zero-order chi connectivity index (χ0) is 23.9. The molecule has 4 rings (SSSR count). The fraction of sp³-hybridized carbons (Fsp3) is 0.0769. The minimum absolute atomic E-state index is 0.0238. The lowest BCUT2D eigenvalue weighted by molar-refractivity contribution is -0.384. The molecule has 170 valence electrons. The maximum Gasteiger partial charge on any atom is 0.269 e. The molecular weight excluding hydrogens is 454 g/mol. The molecule has 0 aromatic heterocycles. The summed E-state index contributed by atoms with van der Waals surface area (Å²) in [5.74, 6) is 0.288. The van der Waals surface area contributed by atoms with Gasteiger partial charge in [0.1, 0.15) is 12.4 Å². The highest BCUT2D eigenvalue weighted by atomic mass is 35.5. The number of benzene rings is 4. The molecule has 0 bridgehead atoms. The van der Waals surface area contributed by atoms with Gasteiger partial charge in [-0.25, -0.2) is 5.43 Å². The number of nitrogens with one attached hydrogen (secondary N) is 1. The van der Waals surface area contributed by atoms with Crippen LogP contribution < -0.4 is 10.2 Å². The Morgan fingerprint density at radius 2 is 1.68 bits per heavy atom. The molecule has 0 radical (unpaired) electrons. The van der Waals surface area contributed by atoms with E-state index in [4.69, 9.17) is 16.3 Å². The molecule has 4 aromatic carbocycles. The molecule has 34 heavy (non-hydrogen) atoms. The van der Waals surface area contributed by atoms with Crippen LogP contribution in [0.3, 0.4) is 0 Å². The number of rotatable bonds is 8. The Hall–Kier alpha value is -4.23. The Kier molecular flexibility index (Phi) is 7.15. The molecule has 7 nitrogen and oxygen atoms in total. The topological polar surface area (TPSA) is 93.8 Å². The second-order valence-corrected chi connectivity index (χ2v) is 7.94. The first kappa shape index (κ1) is 22.9. The number of hydrogen-bond acceptors (Lipinski definition) is 5. The normalized spacial score (nSPS) is 11.0. The molecular formula is C26H20ClN3O4. The summed E-state index contributed by atoms with van der Waals surface area (Å²) in [4.78, 5) is 22.6. The molecule has 0 spiro atoms. The Labute approximate surface area is 200 Å². The Morgan fingerprint density at radius 3 is 2.41 bits per heavy atom. The number of carbonyl (C=O) groups is 1. The molecule has 1 N–H and O–H groups in total. The van der Waals surface area contributed by atoms with Crippen LogP contribution in [-0.4, -0.2) is 17.0 Å². The van der Waals surface area contributed by atoms with Gasteiger partial charge >= 0.3 is 0 Å². The maximum absolute atomic E-state index is 12.3. The molecule has 4 aromatic rings. The highest BCUT2D eigenvalue weighted by Crippen LogP contribution is 2.27. The first-order valence-corrected chi connectivity index (χ1v) is 10.8. The van der Waals surface area contributed by atoms with Gasteiger partial charge in [-0.1, -0.05) is 66.2 Å². The van der Waals surface area contributed by atoms with Gasteiger partial charge in [0.25, 0.3) is 5.69 Å². The van der Waals surface area contributed by atoms with Gasteiger partial charge in [-0.05, 0) is 40.1 Å². The third kappa shape index (κ3) is 5.76. The second-order valence-electron chi connectivity index (χ2n) is 7.51. The number of ether oxygens (including phenoxy) is 1. The summed E-state index contributed by atoms with van der Waals surface area (Å²) in [6, 6.07) is 24.9. The van der Waals surface area contributed by atoms with Gasteiger partial charge in [-0.2, -0.15) is 5.10 Å². The summed E-state index contributed by atoms with van der Waals surface area (Å²) in [7, 11) is 0. The van der Waals surface area contributed by atoms with Crippen molar-refractivity contribution in [2.24, 2.45) is 5.10 Å². The average Bonchev–Trinajstić information content (AvgIpc) is 2.84. The molecule has 0 heterocycles. The van der Waals surface area contributed by atoms with Crippen molar-refractivity contribution in [2.75, 3.05) is 0 Å². The molecule has 0 atom stereocenters. The van der Waals surface area contributed by atoms with Gasteiger partial charge < -0.3 is 4.74 Å². The Balaban J connectivity index is 1.48. The number of carbonyl (C=O) groups excluding carboxylic acids is 1. The van der Waals surface area contributed by atoms with E-state index < -0.39 is 4.92 Å². The molecule has 0 saturated heterocycles. The number of amides is 1. The van der Waals surface area contributed by atoms with E-state index in [0.29, 0.717) is 22.9 Å². The minimum atomic E-state index is -0.481. The monoisotopic (exact) mass is 473 g/mol. The molecule has 0 unspecified atom stereocenters. The highest BCUT2D eigenvalue weighted by Gasteiger charge is 2.09. The number of non-ortho nitro benzene ring substituents is 1. The summed E-state index contributed by atoms with van der Waals surface area (Å²) >= 11 is 5.95. The number of fused-ring (bicyclic) bond motifs is 1. The number of hydrogen-bond donors (Lipinski definition) is 1.